The first-order valence-corrected chi connectivity index (χ1v) is 9.38. The van der Waals surface area contributed by atoms with Crippen molar-refractivity contribution in [3.63, 3.8) is 0 Å². The van der Waals surface area contributed by atoms with Crippen LogP contribution in [0.3, 0.4) is 0 Å². The normalized spacial score (nSPS) is 24.2. The van der Waals surface area contributed by atoms with Crippen LogP contribution in [0.25, 0.3) is 0 Å². The van der Waals surface area contributed by atoms with E-state index in [1.807, 2.05) is 32.2 Å². The molecule has 0 saturated heterocycles. The van der Waals surface area contributed by atoms with Gasteiger partial charge in [-0.05, 0) is 31.2 Å². The van der Waals surface area contributed by atoms with Crippen molar-refractivity contribution in [2.75, 3.05) is 18.5 Å². The van der Waals surface area contributed by atoms with Crippen molar-refractivity contribution in [2.24, 2.45) is 10.9 Å². The number of aliphatic imine (C=N–C) groups is 1. The molecule has 0 radical (unpaired) electrons. The van der Waals surface area contributed by atoms with Crippen LogP contribution in [-0.2, 0) is 6.54 Å². The minimum Gasteiger partial charge on any atom is -0.318 e. The van der Waals surface area contributed by atoms with E-state index >= 15 is 0 Å². The SMILES string of the molecule is Cc1nc2c(n1Cc1ccccc1)C(=O)N(C)C1=NCC3CCCC3N12. The van der Waals surface area contributed by atoms with Gasteiger partial charge in [0.1, 0.15) is 5.82 Å². The molecule has 6 nitrogen and oxygen atoms in total. The molecular formula is C20H23N5O. The zero-order valence-electron chi connectivity index (χ0n) is 15.2. The number of carbonyl (C=O) groups is 1. The second kappa shape index (κ2) is 5.69. The highest BCUT2D eigenvalue weighted by atomic mass is 16.2. The summed E-state index contributed by atoms with van der Waals surface area (Å²) in [6.45, 7) is 3.47. The Morgan fingerprint density at radius 1 is 1.19 bits per heavy atom. The van der Waals surface area contributed by atoms with Gasteiger partial charge >= 0.3 is 0 Å². The number of hydrogen-bond acceptors (Lipinski definition) is 4. The number of benzene rings is 1. The largest absolute Gasteiger partial charge is 0.318 e. The molecule has 5 rings (SSSR count). The van der Waals surface area contributed by atoms with Crippen LogP contribution in [0.1, 0.15) is 41.1 Å². The van der Waals surface area contributed by atoms with Gasteiger partial charge in [0.2, 0.25) is 5.96 Å². The standard InChI is InChI=1S/C20H23N5O/c1-13-22-18-17(24(13)12-14-7-4-3-5-8-14)19(26)23(2)20-21-11-15-9-6-10-16(15)25(18)20/h3-5,7-8,15-16H,6,9-12H2,1-2H3. The maximum absolute atomic E-state index is 13.1. The van der Waals surface area contributed by atoms with Crippen LogP contribution >= 0.6 is 0 Å². The van der Waals surface area contributed by atoms with E-state index < -0.39 is 0 Å². The monoisotopic (exact) mass is 349 g/mol. The number of guanidine groups is 1. The van der Waals surface area contributed by atoms with E-state index in [4.69, 9.17) is 9.98 Å². The lowest BCUT2D eigenvalue weighted by Gasteiger charge is -2.43. The summed E-state index contributed by atoms with van der Waals surface area (Å²) in [5, 5.41) is 0. The van der Waals surface area contributed by atoms with Crippen molar-refractivity contribution in [3.05, 3.63) is 47.4 Å². The van der Waals surface area contributed by atoms with Crippen LogP contribution in [0.5, 0.6) is 0 Å². The molecule has 2 unspecified atom stereocenters. The number of hydrogen-bond donors (Lipinski definition) is 0. The first kappa shape index (κ1) is 15.6. The third kappa shape index (κ3) is 2.14. The number of rotatable bonds is 2. The molecule has 3 aliphatic rings. The number of imidazole rings is 1. The lowest BCUT2D eigenvalue weighted by Crippen LogP contribution is -2.58. The number of anilines is 1. The second-order valence-corrected chi connectivity index (χ2v) is 7.54. The van der Waals surface area contributed by atoms with Gasteiger partial charge in [-0.25, -0.2) is 4.98 Å². The third-order valence-corrected chi connectivity index (χ3v) is 5.99. The molecule has 26 heavy (non-hydrogen) atoms. The van der Waals surface area contributed by atoms with Crippen molar-refractivity contribution in [1.29, 1.82) is 0 Å². The fourth-order valence-electron chi connectivity index (χ4n) is 4.65. The van der Waals surface area contributed by atoms with E-state index in [-0.39, 0.29) is 5.91 Å². The fourth-order valence-corrected chi connectivity index (χ4v) is 4.65. The van der Waals surface area contributed by atoms with Crippen LogP contribution in [-0.4, -0.2) is 46.0 Å². The third-order valence-electron chi connectivity index (χ3n) is 5.99. The van der Waals surface area contributed by atoms with E-state index in [0.29, 0.717) is 24.2 Å². The van der Waals surface area contributed by atoms with Gasteiger partial charge in [-0.2, -0.15) is 0 Å². The summed E-state index contributed by atoms with van der Waals surface area (Å²) in [5.74, 6) is 3.02. The average Bonchev–Trinajstić information content (AvgIpc) is 3.25. The number of aromatic nitrogens is 2. The van der Waals surface area contributed by atoms with Crippen LogP contribution in [0.4, 0.5) is 5.82 Å². The quantitative estimate of drug-likeness (QED) is 0.838. The van der Waals surface area contributed by atoms with Crippen molar-refractivity contribution in [3.8, 4) is 0 Å². The molecule has 1 aromatic heterocycles. The van der Waals surface area contributed by atoms with Crippen molar-refractivity contribution in [2.45, 2.75) is 38.8 Å². The Kier molecular flexibility index (Phi) is 3.42. The van der Waals surface area contributed by atoms with Crippen molar-refractivity contribution in [1.82, 2.24) is 14.5 Å². The highest BCUT2D eigenvalue weighted by molar-refractivity contribution is 6.17. The highest BCUT2D eigenvalue weighted by Gasteiger charge is 2.46. The van der Waals surface area contributed by atoms with Crippen molar-refractivity contribution < 1.29 is 4.79 Å². The van der Waals surface area contributed by atoms with Gasteiger partial charge in [-0.1, -0.05) is 36.8 Å². The number of nitrogens with zero attached hydrogens (tertiary/aromatic N) is 5. The van der Waals surface area contributed by atoms with Gasteiger partial charge in [-0.3, -0.25) is 19.6 Å². The van der Waals surface area contributed by atoms with Gasteiger partial charge in [-0.15, -0.1) is 0 Å². The number of carbonyl (C=O) groups excluding carboxylic acids is 1. The maximum Gasteiger partial charge on any atom is 0.280 e. The lowest BCUT2D eigenvalue weighted by molar-refractivity contribution is 0.0850. The summed E-state index contributed by atoms with van der Waals surface area (Å²) in [6.07, 6.45) is 3.59. The molecule has 2 atom stereocenters. The van der Waals surface area contributed by atoms with Crippen LogP contribution in [0, 0.1) is 12.8 Å². The van der Waals surface area contributed by atoms with Gasteiger partial charge in [0, 0.05) is 26.2 Å². The first-order valence-electron chi connectivity index (χ1n) is 9.38. The average molecular weight is 349 g/mol. The Morgan fingerprint density at radius 2 is 2.00 bits per heavy atom. The molecule has 2 aliphatic heterocycles. The number of aryl methyl sites for hydroxylation is 1. The Balaban J connectivity index is 1.64. The molecule has 1 fully saturated rings. The summed E-state index contributed by atoms with van der Waals surface area (Å²) < 4.78 is 2.05. The van der Waals surface area contributed by atoms with E-state index in [0.717, 1.165) is 30.6 Å². The summed E-state index contributed by atoms with van der Waals surface area (Å²) in [6, 6.07) is 10.7. The summed E-state index contributed by atoms with van der Waals surface area (Å²) >= 11 is 0. The number of amides is 1. The van der Waals surface area contributed by atoms with E-state index in [2.05, 4.69) is 21.6 Å². The Labute approximate surface area is 153 Å². The summed E-state index contributed by atoms with van der Waals surface area (Å²) in [4.78, 5) is 26.7. The Bertz CT molecular complexity index is 900. The minimum absolute atomic E-state index is 0.0111. The minimum atomic E-state index is -0.0111. The molecule has 134 valence electrons. The zero-order chi connectivity index (χ0) is 17.8. The molecule has 0 bridgehead atoms. The summed E-state index contributed by atoms with van der Waals surface area (Å²) in [7, 11) is 1.83. The predicted octanol–water partition coefficient (Wildman–Crippen LogP) is 2.67. The summed E-state index contributed by atoms with van der Waals surface area (Å²) in [5.41, 5.74) is 1.86. The van der Waals surface area contributed by atoms with Crippen LogP contribution in [0.2, 0.25) is 0 Å². The van der Waals surface area contributed by atoms with Gasteiger partial charge in [0.05, 0.1) is 0 Å². The Hall–Kier alpha value is -2.63. The molecule has 2 aromatic rings. The smallest absolute Gasteiger partial charge is 0.280 e. The molecule has 1 saturated carbocycles. The van der Waals surface area contributed by atoms with Gasteiger partial charge in [0.25, 0.3) is 5.91 Å². The molecule has 1 aliphatic carbocycles. The van der Waals surface area contributed by atoms with E-state index in [1.165, 1.54) is 18.4 Å². The Morgan fingerprint density at radius 3 is 2.81 bits per heavy atom. The van der Waals surface area contributed by atoms with Crippen molar-refractivity contribution >= 4 is 17.7 Å². The topological polar surface area (TPSA) is 53.7 Å². The molecule has 6 heteroatoms. The van der Waals surface area contributed by atoms with E-state index in [1.54, 1.807) is 4.90 Å². The fraction of sp³-hybridized carbons (Fsp3) is 0.450. The van der Waals surface area contributed by atoms with Gasteiger partial charge in [0.15, 0.2) is 11.5 Å². The molecular weight excluding hydrogens is 326 g/mol. The molecule has 0 N–H and O–H groups in total. The highest BCUT2D eigenvalue weighted by Crippen LogP contribution is 2.40. The predicted molar refractivity (Wildman–Crippen MR) is 101 cm³/mol. The lowest BCUT2D eigenvalue weighted by atomic mass is 9.99. The van der Waals surface area contributed by atoms with E-state index in [9.17, 15) is 4.79 Å². The second-order valence-electron chi connectivity index (χ2n) is 7.54. The molecule has 1 aromatic carbocycles. The van der Waals surface area contributed by atoms with Crippen LogP contribution < -0.4 is 4.90 Å². The maximum atomic E-state index is 13.1. The molecule has 0 spiro atoms. The molecule has 3 heterocycles. The number of fused-ring (bicyclic) bond motifs is 5. The zero-order valence-corrected chi connectivity index (χ0v) is 15.2. The molecule has 1 amide bonds. The first-order chi connectivity index (χ1) is 12.6. The van der Waals surface area contributed by atoms with Gasteiger partial charge < -0.3 is 4.57 Å². The van der Waals surface area contributed by atoms with Crippen LogP contribution in [0.15, 0.2) is 35.3 Å².